The van der Waals surface area contributed by atoms with E-state index in [9.17, 15) is 24.2 Å². The Hall–Kier alpha value is -2.56. The SMILES string of the molecule is CO[C@@H]1CN(C(=O)c2ccccc2F)C[C@@H](CC(C)C)N(C(=O)c2ccccc2Cl)CCCCOC[C@@H](O)[C@H]1O. The van der Waals surface area contributed by atoms with Gasteiger partial charge in [-0.3, -0.25) is 9.59 Å². The van der Waals surface area contributed by atoms with Gasteiger partial charge in [0.05, 0.1) is 22.8 Å². The van der Waals surface area contributed by atoms with Gasteiger partial charge in [0.25, 0.3) is 11.8 Å². The molecule has 1 aliphatic rings. The minimum absolute atomic E-state index is 0.0563. The fourth-order valence-electron chi connectivity index (χ4n) is 4.96. The van der Waals surface area contributed by atoms with Crippen molar-refractivity contribution in [1.29, 1.82) is 0 Å². The number of rotatable bonds is 5. The van der Waals surface area contributed by atoms with Crippen molar-refractivity contribution in [2.24, 2.45) is 5.92 Å². The summed E-state index contributed by atoms with van der Waals surface area (Å²) in [5.41, 5.74) is 0.222. The topological polar surface area (TPSA) is 99.5 Å². The Bertz CT molecular complexity index is 1120. The summed E-state index contributed by atoms with van der Waals surface area (Å²) in [4.78, 5) is 30.8. The molecule has 2 aromatic carbocycles. The summed E-state index contributed by atoms with van der Waals surface area (Å²) in [5.74, 6) is -1.39. The summed E-state index contributed by atoms with van der Waals surface area (Å²) in [6, 6.07) is 12.1. The molecule has 10 heteroatoms. The van der Waals surface area contributed by atoms with Gasteiger partial charge in [0, 0.05) is 39.4 Å². The highest BCUT2D eigenvalue weighted by atomic mass is 35.5. The summed E-state index contributed by atoms with van der Waals surface area (Å²) >= 11 is 6.41. The highest BCUT2D eigenvalue weighted by molar-refractivity contribution is 6.33. The van der Waals surface area contributed by atoms with Gasteiger partial charge in [0.2, 0.25) is 0 Å². The molecule has 4 atom stereocenters. The van der Waals surface area contributed by atoms with Crippen molar-refractivity contribution in [3.05, 3.63) is 70.5 Å². The highest BCUT2D eigenvalue weighted by Crippen LogP contribution is 2.24. The third-order valence-corrected chi connectivity index (χ3v) is 7.41. The number of nitrogens with zero attached hydrogens (tertiary/aromatic N) is 2. The molecule has 0 aliphatic carbocycles. The second-order valence-corrected chi connectivity index (χ2v) is 11.0. The van der Waals surface area contributed by atoms with Crippen LogP contribution in [0.4, 0.5) is 4.39 Å². The monoisotopic (exact) mass is 578 g/mol. The lowest BCUT2D eigenvalue weighted by atomic mass is 9.99. The summed E-state index contributed by atoms with van der Waals surface area (Å²) < 4.78 is 25.9. The number of amides is 2. The number of carbonyl (C=O) groups excluding carboxylic acids is 2. The van der Waals surface area contributed by atoms with E-state index in [1.807, 2.05) is 13.8 Å². The zero-order valence-electron chi connectivity index (χ0n) is 23.3. The summed E-state index contributed by atoms with van der Waals surface area (Å²) in [6.45, 7) is 4.55. The third-order valence-electron chi connectivity index (χ3n) is 7.08. The largest absolute Gasteiger partial charge is 0.388 e. The first-order valence-corrected chi connectivity index (χ1v) is 14.1. The molecule has 0 spiro atoms. The number of hydrogen-bond donors (Lipinski definition) is 2. The van der Waals surface area contributed by atoms with E-state index < -0.39 is 36.1 Å². The second-order valence-electron chi connectivity index (χ2n) is 10.6. The van der Waals surface area contributed by atoms with E-state index in [1.165, 1.54) is 30.2 Å². The number of carbonyl (C=O) groups is 2. The van der Waals surface area contributed by atoms with Crippen LogP contribution in [-0.2, 0) is 9.47 Å². The molecule has 0 aromatic heterocycles. The van der Waals surface area contributed by atoms with Crippen molar-refractivity contribution in [2.45, 2.75) is 57.5 Å². The Balaban J connectivity index is 2.07. The lowest BCUT2D eigenvalue weighted by Gasteiger charge is -2.39. The average Bonchev–Trinajstić information content (AvgIpc) is 2.93. The van der Waals surface area contributed by atoms with Crippen LogP contribution in [-0.4, -0.2) is 96.1 Å². The average molecular weight is 579 g/mol. The Morgan fingerprint density at radius 2 is 1.73 bits per heavy atom. The number of aliphatic hydroxyl groups excluding tert-OH is 2. The molecule has 0 saturated carbocycles. The molecule has 0 radical (unpaired) electrons. The van der Waals surface area contributed by atoms with Crippen LogP contribution in [0.1, 0.15) is 53.8 Å². The van der Waals surface area contributed by atoms with E-state index in [2.05, 4.69) is 0 Å². The number of halogens is 2. The molecular formula is C30H40ClFN2O6. The zero-order valence-corrected chi connectivity index (χ0v) is 24.1. The first-order valence-electron chi connectivity index (χ1n) is 13.7. The van der Waals surface area contributed by atoms with E-state index in [0.717, 1.165) is 0 Å². The number of ether oxygens (including phenoxy) is 2. The molecule has 220 valence electrons. The summed E-state index contributed by atoms with van der Waals surface area (Å²) in [7, 11) is 1.37. The van der Waals surface area contributed by atoms with Crippen LogP contribution < -0.4 is 0 Å². The third kappa shape index (κ3) is 8.47. The van der Waals surface area contributed by atoms with Gasteiger partial charge in [0.15, 0.2) is 0 Å². The van der Waals surface area contributed by atoms with Gasteiger partial charge < -0.3 is 29.5 Å². The molecule has 1 fully saturated rings. The first kappa shape index (κ1) is 32.0. The van der Waals surface area contributed by atoms with Gasteiger partial charge in [-0.2, -0.15) is 0 Å². The highest BCUT2D eigenvalue weighted by Gasteiger charge is 2.35. The van der Waals surface area contributed by atoms with Gasteiger partial charge in [-0.1, -0.05) is 49.7 Å². The molecule has 0 unspecified atom stereocenters. The fraction of sp³-hybridized carbons (Fsp3) is 0.533. The minimum Gasteiger partial charge on any atom is -0.388 e. The summed E-state index contributed by atoms with van der Waals surface area (Å²) in [5, 5.41) is 21.7. The lowest BCUT2D eigenvalue weighted by molar-refractivity contribution is -0.105. The number of benzene rings is 2. The van der Waals surface area contributed by atoms with Crippen LogP contribution >= 0.6 is 11.6 Å². The van der Waals surface area contributed by atoms with Crippen LogP contribution in [0, 0.1) is 11.7 Å². The maximum absolute atomic E-state index is 14.8. The molecule has 1 heterocycles. The minimum atomic E-state index is -1.37. The smallest absolute Gasteiger partial charge is 0.256 e. The Morgan fingerprint density at radius 1 is 1.05 bits per heavy atom. The maximum atomic E-state index is 14.8. The molecule has 1 saturated heterocycles. The number of methoxy groups -OCH3 is 1. The molecule has 3 rings (SSSR count). The standard InChI is InChI=1S/C30H40ClFN2O6/c1-20(2)16-21-17-33(29(37)23-11-5-7-13-25(23)32)18-27(39-3)28(36)26(35)19-40-15-9-8-14-34(21)30(38)22-10-4-6-12-24(22)31/h4-7,10-13,20-21,26-28,35-36H,8-9,14-19H2,1-3H3/t21-,26-,27-,28-/m1/s1. The van der Waals surface area contributed by atoms with Gasteiger partial charge in [-0.05, 0) is 49.4 Å². The van der Waals surface area contributed by atoms with Crippen molar-refractivity contribution in [3.8, 4) is 0 Å². The molecule has 2 amide bonds. The van der Waals surface area contributed by atoms with Crippen LogP contribution in [0.15, 0.2) is 48.5 Å². The molecule has 2 N–H and O–H groups in total. The van der Waals surface area contributed by atoms with Gasteiger partial charge in [-0.15, -0.1) is 0 Å². The molecule has 2 aromatic rings. The van der Waals surface area contributed by atoms with Crippen molar-refractivity contribution >= 4 is 23.4 Å². The van der Waals surface area contributed by atoms with Crippen LogP contribution in [0.25, 0.3) is 0 Å². The lowest BCUT2D eigenvalue weighted by Crippen LogP contribution is -2.54. The predicted octanol–water partition coefficient (Wildman–Crippen LogP) is 4.03. The fourth-order valence-corrected chi connectivity index (χ4v) is 5.18. The van der Waals surface area contributed by atoms with E-state index in [0.29, 0.717) is 43.0 Å². The second kappa shape index (κ2) is 15.4. The van der Waals surface area contributed by atoms with Gasteiger partial charge >= 0.3 is 0 Å². The molecule has 8 nitrogen and oxygen atoms in total. The van der Waals surface area contributed by atoms with Crippen molar-refractivity contribution in [3.63, 3.8) is 0 Å². The van der Waals surface area contributed by atoms with Crippen molar-refractivity contribution < 1.29 is 33.7 Å². The van der Waals surface area contributed by atoms with Crippen LogP contribution in [0.5, 0.6) is 0 Å². The number of hydrogen-bond acceptors (Lipinski definition) is 6. The Morgan fingerprint density at radius 3 is 2.38 bits per heavy atom. The van der Waals surface area contributed by atoms with Gasteiger partial charge in [0.1, 0.15) is 24.1 Å². The molecular weight excluding hydrogens is 539 g/mol. The first-order chi connectivity index (χ1) is 19.1. The van der Waals surface area contributed by atoms with E-state index >= 15 is 0 Å². The maximum Gasteiger partial charge on any atom is 0.256 e. The number of aliphatic hydroxyl groups is 2. The van der Waals surface area contributed by atoms with E-state index in [1.54, 1.807) is 35.2 Å². The predicted molar refractivity (Wildman–Crippen MR) is 151 cm³/mol. The quantitative estimate of drug-likeness (QED) is 0.556. The van der Waals surface area contributed by atoms with Crippen LogP contribution in [0.3, 0.4) is 0 Å². The Kier molecular flexibility index (Phi) is 12.3. The Labute approximate surface area is 240 Å². The normalized spacial score (nSPS) is 23.6. The van der Waals surface area contributed by atoms with Gasteiger partial charge in [-0.25, -0.2) is 4.39 Å². The van der Waals surface area contributed by atoms with Crippen molar-refractivity contribution in [2.75, 3.05) is 40.0 Å². The van der Waals surface area contributed by atoms with Crippen molar-refractivity contribution in [1.82, 2.24) is 9.80 Å². The summed E-state index contributed by atoms with van der Waals surface area (Å²) in [6.07, 6.45) is -1.85. The zero-order chi connectivity index (χ0) is 29.2. The van der Waals surface area contributed by atoms with E-state index in [4.69, 9.17) is 21.1 Å². The van der Waals surface area contributed by atoms with E-state index in [-0.39, 0.29) is 37.1 Å². The van der Waals surface area contributed by atoms with Crippen LogP contribution in [0.2, 0.25) is 5.02 Å². The molecule has 40 heavy (non-hydrogen) atoms. The molecule has 1 aliphatic heterocycles. The molecule has 0 bridgehead atoms.